The molecule has 0 rings (SSSR count). The van der Waals surface area contributed by atoms with E-state index in [9.17, 15) is 14.4 Å². The topological polar surface area (TPSA) is 105 Å². The molecular formula is C16H29NO6. The van der Waals surface area contributed by atoms with Gasteiger partial charge in [-0.15, -0.1) is 0 Å². The molecule has 0 fully saturated rings. The molecule has 0 spiro atoms. The monoisotopic (exact) mass is 331 g/mol. The van der Waals surface area contributed by atoms with Gasteiger partial charge in [-0.25, -0.2) is 0 Å². The minimum Gasteiger partial charge on any atom is -0.465 e. The van der Waals surface area contributed by atoms with Crippen molar-refractivity contribution >= 4 is 17.9 Å². The van der Waals surface area contributed by atoms with E-state index in [2.05, 4.69) is 0 Å². The first kappa shape index (κ1) is 21.4. The molecule has 0 aliphatic heterocycles. The van der Waals surface area contributed by atoms with E-state index < -0.39 is 41.1 Å². The van der Waals surface area contributed by atoms with Gasteiger partial charge in [0.2, 0.25) is 0 Å². The molecule has 0 aromatic heterocycles. The van der Waals surface area contributed by atoms with Crippen LogP contribution < -0.4 is 5.73 Å². The number of carbonyl (C=O) groups excluding carboxylic acids is 3. The average molecular weight is 331 g/mol. The summed E-state index contributed by atoms with van der Waals surface area (Å²) < 4.78 is 15.3. The molecule has 0 saturated carbocycles. The number of hydrogen-bond donors (Lipinski definition) is 1. The highest BCUT2D eigenvalue weighted by atomic mass is 16.6. The van der Waals surface area contributed by atoms with Crippen LogP contribution in [0.15, 0.2) is 0 Å². The van der Waals surface area contributed by atoms with E-state index in [0.29, 0.717) is 0 Å². The number of hydrogen-bond acceptors (Lipinski definition) is 7. The summed E-state index contributed by atoms with van der Waals surface area (Å²) in [5.74, 6) is -3.50. The Hall–Kier alpha value is -1.63. The van der Waals surface area contributed by atoms with Crippen LogP contribution in [0.3, 0.4) is 0 Å². The third kappa shape index (κ3) is 9.18. The molecule has 134 valence electrons. The molecule has 7 nitrogen and oxygen atoms in total. The van der Waals surface area contributed by atoms with Gasteiger partial charge in [0.1, 0.15) is 17.2 Å². The van der Waals surface area contributed by atoms with E-state index in [0.717, 1.165) is 0 Å². The van der Waals surface area contributed by atoms with E-state index in [1.807, 2.05) is 0 Å². The lowest BCUT2D eigenvalue weighted by Gasteiger charge is -2.27. The molecule has 0 aliphatic rings. The second-order valence-electron chi connectivity index (χ2n) is 7.21. The van der Waals surface area contributed by atoms with Gasteiger partial charge in [-0.2, -0.15) is 0 Å². The van der Waals surface area contributed by atoms with Gasteiger partial charge in [-0.3, -0.25) is 14.4 Å². The largest absolute Gasteiger partial charge is 0.465 e. The molecule has 0 aromatic carbocycles. The smallest absolute Gasteiger partial charge is 0.322 e. The van der Waals surface area contributed by atoms with Crippen LogP contribution in [0, 0.1) is 5.92 Å². The summed E-state index contributed by atoms with van der Waals surface area (Å²) in [5, 5.41) is 0. The lowest BCUT2D eigenvalue weighted by Crippen LogP contribution is -2.42. The van der Waals surface area contributed by atoms with Crippen LogP contribution in [-0.4, -0.2) is 41.8 Å². The summed E-state index contributed by atoms with van der Waals surface area (Å²) in [5.41, 5.74) is 4.17. The third-order valence-electron chi connectivity index (χ3n) is 2.46. The van der Waals surface area contributed by atoms with Crippen molar-refractivity contribution in [3.63, 3.8) is 0 Å². The Bertz CT molecular complexity index is 405. The second kappa shape index (κ2) is 8.29. The van der Waals surface area contributed by atoms with Gasteiger partial charge in [0.05, 0.1) is 6.61 Å². The maximum atomic E-state index is 12.3. The highest BCUT2D eigenvalue weighted by molar-refractivity contribution is 5.96. The minimum absolute atomic E-state index is 0.163. The van der Waals surface area contributed by atoms with Gasteiger partial charge in [-0.05, 0) is 54.9 Å². The molecule has 0 bridgehead atoms. The van der Waals surface area contributed by atoms with Crippen LogP contribution >= 0.6 is 0 Å². The number of nitrogens with two attached hydrogens (primary N) is 1. The van der Waals surface area contributed by atoms with Crippen LogP contribution in [0.2, 0.25) is 0 Å². The van der Waals surface area contributed by atoms with Gasteiger partial charge in [0, 0.05) is 0 Å². The van der Waals surface area contributed by atoms with Crippen LogP contribution in [0.1, 0.15) is 54.9 Å². The number of carbonyl (C=O) groups is 3. The molecule has 0 saturated heterocycles. The Labute approximate surface area is 137 Å². The summed E-state index contributed by atoms with van der Waals surface area (Å²) in [6.07, 6.45) is -0.233. The predicted octanol–water partition coefficient (Wildman–Crippen LogP) is 1.57. The van der Waals surface area contributed by atoms with Crippen molar-refractivity contribution < 1.29 is 28.6 Å². The zero-order valence-electron chi connectivity index (χ0n) is 15.1. The fraction of sp³-hybridized carbons (Fsp3) is 0.812. The van der Waals surface area contributed by atoms with Gasteiger partial charge in [0.15, 0.2) is 5.92 Å². The lowest BCUT2D eigenvalue weighted by atomic mass is 9.99. The molecule has 7 heteroatoms. The third-order valence-corrected chi connectivity index (χ3v) is 2.46. The first-order valence-electron chi connectivity index (χ1n) is 7.64. The molecule has 2 N–H and O–H groups in total. The number of rotatable bonds is 6. The van der Waals surface area contributed by atoms with E-state index >= 15 is 0 Å². The summed E-state index contributed by atoms with van der Waals surface area (Å²) in [6.45, 7) is 11.9. The number of esters is 3. The zero-order chi connectivity index (χ0) is 18.4. The highest BCUT2D eigenvalue weighted by Gasteiger charge is 2.37. The lowest BCUT2D eigenvalue weighted by molar-refractivity contribution is -0.175. The molecular weight excluding hydrogens is 302 g/mol. The average Bonchev–Trinajstić information content (AvgIpc) is 2.31. The predicted molar refractivity (Wildman–Crippen MR) is 84.4 cm³/mol. The normalized spacial score (nSPS) is 13.4. The molecule has 23 heavy (non-hydrogen) atoms. The van der Waals surface area contributed by atoms with Gasteiger partial charge in [-0.1, -0.05) is 0 Å². The van der Waals surface area contributed by atoms with E-state index in [1.54, 1.807) is 48.5 Å². The molecule has 0 aromatic rings. The van der Waals surface area contributed by atoms with Crippen molar-refractivity contribution in [3.8, 4) is 0 Å². The molecule has 0 amide bonds. The Balaban J connectivity index is 5.18. The highest BCUT2D eigenvalue weighted by Crippen LogP contribution is 2.20. The van der Waals surface area contributed by atoms with Crippen molar-refractivity contribution in [2.45, 2.75) is 72.1 Å². The fourth-order valence-electron chi connectivity index (χ4n) is 1.63. The summed E-state index contributed by atoms with van der Waals surface area (Å²) in [6, 6.07) is -1.11. The Morgan fingerprint density at radius 1 is 0.870 bits per heavy atom. The quantitative estimate of drug-likeness (QED) is 0.447. The van der Waals surface area contributed by atoms with Gasteiger partial charge in [0.25, 0.3) is 0 Å². The number of ether oxygens (including phenoxy) is 3. The van der Waals surface area contributed by atoms with Crippen molar-refractivity contribution in [2.75, 3.05) is 6.61 Å². The molecule has 0 unspecified atom stereocenters. The molecule has 1 atom stereocenters. The summed E-state index contributed by atoms with van der Waals surface area (Å²) in [7, 11) is 0. The molecule has 0 aliphatic carbocycles. The Kier molecular flexibility index (Phi) is 7.70. The van der Waals surface area contributed by atoms with Crippen molar-refractivity contribution in [1.29, 1.82) is 0 Å². The van der Waals surface area contributed by atoms with Crippen LogP contribution in [0.4, 0.5) is 0 Å². The SMILES string of the molecule is CCOC(=O)[C@H](N)CC(C(=O)OC(C)(C)C)C(=O)OC(C)(C)C. The van der Waals surface area contributed by atoms with Crippen LogP contribution in [0.25, 0.3) is 0 Å². The second-order valence-corrected chi connectivity index (χ2v) is 7.21. The van der Waals surface area contributed by atoms with Crippen LogP contribution in [-0.2, 0) is 28.6 Å². The Morgan fingerprint density at radius 3 is 1.57 bits per heavy atom. The Morgan fingerprint density at radius 2 is 1.26 bits per heavy atom. The molecule has 0 heterocycles. The zero-order valence-corrected chi connectivity index (χ0v) is 15.1. The first-order chi connectivity index (χ1) is 10.3. The van der Waals surface area contributed by atoms with Crippen molar-refractivity contribution in [3.05, 3.63) is 0 Å². The summed E-state index contributed by atoms with van der Waals surface area (Å²) in [4.78, 5) is 36.2. The summed E-state index contributed by atoms with van der Waals surface area (Å²) >= 11 is 0. The van der Waals surface area contributed by atoms with Gasteiger partial charge < -0.3 is 19.9 Å². The van der Waals surface area contributed by atoms with E-state index in [1.165, 1.54) is 0 Å². The van der Waals surface area contributed by atoms with E-state index in [4.69, 9.17) is 19.9 Å². The van der Waals surface area contributed by atoms with Gasteiger partial charge >= 0.3 is 17.9 Å². The van der Waals surface area contributed by atoms with Crippen molar-refractivity contribution in [1.82, 2.24) is 0 Å². The maximum absolute atomic E-state index is 12.3. The maximum Gasteiger partial charge on any atom is 0.322 e. The van der Waals surface area contributed by atoms with Crippen molar-refractivity contribution in [2.24, 2.45) is 11.7 Å². The molecule has 0 radical (unpaired) electrons. The minimum atomic E-state index is -1.28. The standard InChI is InChI=1S/C16H29NO6/c1-8-21-14(20)11(17)9-10(12(18)22-15(2,3)4)13(19)23-16(5,6)7/h10-11H,8-9,17H2,1-7H3/t11-/m1/s1. The first-order valence-corrected chi connectivity index (χ1v) is 7.64. The van der Waals surface area contributed by atoms with Crippen LogP contribution in [0.5, 0.6) is 0 Å². The van der Waals surface area contributed by atoms with E-state index in [-0.39, 0.29) is 13.0 Å². The fourth-order valence-corrected chi connectivity index (χ4v) is 1.63.